The summed E-state index contributed by atoms with van der Waals surface area (Å²) in [5.41, 5.74) is 1.12. The number of anilines is 2. The van der Waals surface area contributed by atoms with Gasteiger partial charge in [0.05, 0.1) is 5.52 Å². The summed E-state index contributed by atoms with van der Waals surface area (Å²) in [7, 11) is 0. The van der Waals surface area contributed by atoms with Crippen LogP contribution in [0.1, 0.15) is 0 Å². The molecule has 4 aromatic rings. The van der Waals surface area contributed by atoms with Gasteiger partial charge < -0.3 is 15.0 Å². The molecule has 0 atom stereocenters. The highest BCUT2D eigenvalue weighted by Gasteiger charge is 2.31. The molecular weight excluding hydrogens is 421 g/mol. The zero-order valence-electron chi connectivity index (χ0n) is 15.0. The second-order valence-corrected chi connectivity index (χ2v) is 6.64. The van der Waals surface area contributed by atoms with Gasteiger partial charge in [-0.15, -0.1) is 13.2 Å². The molecule has 30 heavy (non-hydrogen) atoms. The minimum Gasteiger partial charge on any atom is -0.406 e. The third kappa shape index (κ3) is 4.52. The number of hydrogen-bond donors (Lipinski definition) is 2. The molecule has 2 heterocycles. The number of halogens is 4. The fourth-order valence-electron chi connectivity index (χ4n) is 2.78. The molecule has 0 aliphatic carbocycles. The molecular formula is C20H12ClF3N4O2. The van der Waals surface area contributed by atoms with E-state index in [4.69, 9.17) is 11.6 Å². The number of benzene rings is 2. The Hall–Kier alpha value is -3.59. The number of aromatic amines is 1. The van der Waals surface area contributed by atoms with Gasteiger partial charge >= 0.3 is 6.36 Å². The summed E-state index contributed by atoms with van der Waals surface area (Å²) in [5.74, 6) is 0.281. The lowest BCUT2D eigenvalue weighted by atomic mass is 10.2. The first-order chi connectivity index (χ1) is 14.3. The first-order valence-electron chi connectivity index (χ1n) is 8.56. The van der Waals surface area contributed by atoms with Crippen LogP contribution in [0.3, 0.4) is 0 Å². The molecule has 0 radical (unpaired) electrons. The fourth-order valence-corrected chi connectivity index (χ4v) is 2.95. The van der Waals surface area contributed by atoms with Crippen LogP contribution in [-0.2, 0) is 0 Å². The quantitative estimate of drug-likeness (QED) is 0.458. The van der Waals surface area contributed by atoms with E-state index in [0.29, 0.717) is 38.8 Å². The molecule has 152 valence electrons. The molecule has 6 nitrogen and oxygen atoms in total. The van der Waals surface area contributed by atoms with Crippen molar-refractivity contribution in [3.63, 3.8) is 0 Å². The first-order valence-corrected chi connectivity index (χ1v) is 8.94. The van der Waals surface area contributed by atoms with Crippen LogP contribution in [0, 0.1) is 0 Å². The number of rotatable bonds is 4. The van der Waals surface area contributed by atoms with Gasteiger partial charge in [0, 0.05) is 40.0 Å². The second-order valence-electron chi connectivity index (χ2n) is 6.20. The van der Waals surface area contributed by atoms with E-state index in [-0.39, 0.29) is 11.3 Å². The van der Waals surface area contributed by atoms with E-state index in [1.54, 1.807) is 30.3 Å². The van der Waals surface area contributed by atoms with Crippen molar-refractivity contribution in [3.05, 3.63) is 76.2 Å². The molecule has 0 aliphatic rings. The predicted octanol–water partition coefficient (Wildman–Crippen LogP) is 5.28. The van der Waals surface area contributed by atoms with Crippen molar-refractivity contribution in [2.45, 2.75) is 6.36 Å². The van der Waals surface area contributed by atoms with Gasteiger partial charge in [-0.05, 0) is 36.4 Å². The Morgan fingerprint density at radius 1 is 1.03 bits per heavy atom. The van der Waals surface area contributed by atoms with Gasteiger partial charge in [-0.3, -0.25) is 4.79 Å². The van der Waals surface area contributed by atoms with E-state index in [1.807, 2.05) is 0 Å². The van der Waals surface area contributed by atoms with E-state index in [2.05, 4.69) is 25.0 Å². The Morgan fingerprint density at radius 2 is 1.87 bits per heavy atom. The van der Waals surface area contributed by atoms with Crippen LogP contribution >= 0.6 is 11.6 Å². The average Bonchev–Trinajstić information content (AvgIpc) is 2.67. The van der Waals surface area contributed by atoms with Crippen LogP contribution in [0.25, 0.3) is 22.3 Å². The normalized spacial score (nSPS) is 11.5. The highest BCUT2D eigenvalue weighted by Crippen LogP contribution is 2.31. The van der Waals surface area contributed by atoms with Crippen molar-refractivity contribution in [2.24, 2.45) is 0 Å². The maximum atomic E-state index is 12.5. The second kappa shape index (κ2) is 7.68. The van der Waals surface area contributed by atoms with Crippen molar-refractivity contribution in [2.75, 3.05) is 5.32 Å². The minimum absolute atomic E-state index is 0.276. The summed E-state index contributed by atoms with van der Waals surface area (Å²) in [6.45, 7) is 0. The van der Waals surface area contributed by atoms with Crippen molar-refractivity contribution in [1.29, 1.82) is 0 Å². The fraction of sp³-hybridized carbons (Fsp3) is 0.0500. The number of ether oxygens (including phenoxy) is 1. The number of alkyl halides is 3. The Balaban J connectivity index is 1.79. The largest absolute Gasteiger partial charge is 0.573 e. The number of hydrogen-bond acceptors (Lipinski definition) is 5. The molecule has 0 spiro atoms. The van der Waals surface area contributed by atoms with Crippen LogP contribution in [0.2, 0.25) is 5.02 Å². The summed E-state index contributed by atoms with van der Waals surface area (Å²) in [6.07, 6.45) is -3.33. The highest BCUT2D eigenvalue weighted by molar-refractivity contribution is 6.31. The molecule has 4 rings (SSSR count). The average molecular weight is 433 g/mol. The number of H-pyrrole nitrogens is 1. The van der Waals surface area contributed by atoms with Gasteiger partial charge in [0.2, 0.25) is 5.56 Å². The molecule has 10 heteroatoms. The summed E-state index contributed by atoms with van der Waals surface area (Å²) in [4.78, 5) is 22.8. The maximum absolute atomic E-state index is 12.5. The predicted molar refractivity (Wildman–Crippen MR) is 107 cm³/mol. The molecule has 0 aliphatic heterocycles. The van der Waals surface area contributed by atoms with E-state index >= 15 is 0 Å². The Morgan fingerprint density at radius 3 is 2.60 bits per heavy atom. The smallest absolute Gasteiger partial charge is 0.406 e. The number of pyridine rings is 1. The van der Waals surface area contributed by atoms with Crippen LogP contribution in [0.15, 0.2) is 65.6 Å². The zero-order chi connectivity index (χ0) is 21.3. The number of fused-ring (bicyclic) bond motifs is 1. The van der Waals surface area contributed by atoms with E-state index < -0.39 is 6.36 Å². The maximum Gasteiger partial charge on any atom is 0.573 e. The SMILES string of the molecule is O=c1ccc(-c2nc(Nc3cccc(OC(F)(F)F)c3)c3ccc(Cl)cc3n2)c[nH]1. The Bertz CT molecular complexity index is 1270. The van der Waals surface area contributed by atoms with Gasteiger partial charge in [-0.1, -0.05) is 17.7 Å². The van der Waals surface area contributed by atoms with Gasteiger partial charge in [0.1, 0.15) is 11.6 Å². The monoisotopic (exact) mass is 432 g/mol. The third-order valence-electron chi connectivity index (χ3n) is 4.03. The number of nitrogens with zero attached hydrogens (tertiary/aromatic N) is 2. The lowest BCUT2D eigenvalue weighted by Gasteiger charge is -2.13. The third-order valence-corrected chi connectivity index (χ3v) is 4.27. The molecule has 0 unspecified atom stereocenters. The summed E-state index contributed by atoms with van der Waals surface area (Å²) >= 11 is 6.08. The van der Waals surface area contributed by atoms with Crippen molar-refractivity contribution < 1.29 is 17.9 Å². The van der Waals surface area contributed by atoms with E-state index in [0.717, 1.165) is 0 Å². The highest BCUT2D eigenvalue weighted by atomic mass is 35.5. The molecule has 2 aromatic heterocycles. The standard InChI is InChI=1S/C20H12ClF3N4O2/c21-12-5-6-15-16(8-12)27-18(11-4-7-17(29)25-10-11)28-19(15)26-13-2-1-3-14(9-13)30-20(22,23)24/h1-10H,(H,25,29)(H,26,27,28). The number of nitrogens with one attached hydrogen (secondary N) is 2. The molecule has 0 amide bonds. The Kier molecular flexibility index (Phi) is 5.04. The van der Waals surface area contributed by atoms with Gasteiger partial charge in [0.15, 0.2) is 5.82 Å². The van der Waals surface area contributed by atoms with Crippen LogP contribution < -0.4 is 15.6 Å². The van der Waals surface area contributed by atoms with Crippen molar-refractivity contribution >= 4 is 34.0 Å². The van der Waals surface area contributed by atoms with Gasteiger partial charge in [0.25, 0.3) is 0 Å². The summed E-state index contributed by atoms with van der Waals surface area (Å²) in [6, 6.07) is 13.3. The Labute approximate surface area is 172 Å². The molecule has 2 N–H and O–H groups in total. The lowest BCUT2D eigenvalue weighted by molar-refractivity contribution is -0.274. The van der Waals surface area contributed by atoms with Crippen LogP contribution in [0.4, 0.5) is 24.7 Å². The molecule has 0 bridgehead atoms. The number of aromatic nitrogens is 3. The lowest BCUT2D eigenvalue weighted by Crippen LogP contribution is -2.17. The summed E-state index contributed by atoms with van der Waals surface area (Å²) in [5, 5.41) is 4.07. The molecule has 0 saturated heterocycles. The first kappa shape index (κ1) is 19.7. The molecule has 2 aromatic carbocycles. The van der Waals surface area contributed by atoms with Gasteiger partial charge in [-0.25, -0.2) is 9.97 Å². The van der Waals surface area contributed by atoms with Gasteiger partial charge in [-0.2, -0.15) is 0 Å². The minimum atomic E-state index is -4.80. The van der Waals surface area contributed by atoms with E-state index in [9.17, 15) is 18.0 Å². The molecule has 0 saturated carbocycles. The van der Waals surface area contributed by atoms with Crippen molar-refractivity contribution in [1.82, 2.24) is 15.0 Å². The van der Waals surface area contributed by atoms with Crippen molar-refractivity contribution in [3.8, 4) is 17.1 Å². The van der Waals surface area contributed by atoms with Crippen LogP contribution in [0.5, 0.6) is 5.75 Å². The summed E-state index contributed by atoms with van der Waals surface area (Å²) < 4.78 is 41.5. The zero-order valence-corrected chi connectivity index (χ0v) is 15.8. The topological polar surface area (TPSA) is 79.9 Å². The van der Waals surface area contributed by atoms with E-state index in [1.165, 1.54) is 30.5 Å². The van der Waals surface area contributed by atoms with Crippen LogP contribution in [-0.4, -0.2) is 21.3 Å². The molecule has 0 fully saturated rings.